The zero-order valence-electron chi connectivity index (χ0n) is 13.4. The van der Waals surface area contributed by atoms with E-state index in [4.69, 9.17) is 0 Å². The molecule has 7 heteroatoms. The minimum atomic E-state index is 0.442. The first-order valence-corrected chi connectivity index (χ1v) is 8.19. The van der Waals surface area contributed by atoms with Crippen LogP contribution in [0.25, 0.3) is 11.4 Å². The van der Waals surface area contributed by atoms with Crippen molar-refractivity contribution < 1.29 is 0 Å². The molecule has 0 radical (unpaired) electrons. The van der Waals surface area contributed by atoms with Crippen LogP contribution >= 0.6 is 0 Å². The first-order valence-electron chi connectivity index (χ1n) is 8.19. The van der Waals surface area contributed by atoms with E-state index in [9.17, 15) is 0 Å². The maximum Gasteiger partial charge on any atom is 0.205 e. The summed E-state index contributed by atoms with van der Waals surface area (Å²) in [6, 6.07) is 8.38. The molecule has 1 fully saturated rings. The largest absolute Gasteiger partial charge is 0.294 e. The average molecular weight is 321 g/mol. The second-order valence-electron chi connectivity index (χ2n) is 6.03. The second-order valence-corrected chi connectivity index (χ2v) is 6.03. The molecule has 4 rings (SSSR count). The van der Waals surface area contributed by atoms with E-state index in [0.29, 0.717) is 11.9 Å². The Balaban J connectivity index is 1.44. The average Bonchev–Trinajstić information content (AvgIpc) is 3.27. The van der Waals surface area contributed by atoms with Gasteiger partial charge in [0.25, 0.3) is 0 Å². The molecule has 0 bridgehead atoms. The fourth-order valence-corrected chi connectivity index (χ4v) is 3.16. The van der Waals surface area contributed by atoms with E-state index >= 15 is 0 Å². The van der Waals surface area contributed by atoms with Crippen LogP contribution in [0.4, 0.5) is 0 Å². The van der Waals surface area contributed by atoms with Gasteiger partial charge < -0.3 is 0 Å². The van der Waals surface area contributed by atoms with Gasteiger partial charge in [0.1, 0.15) is 0 Å². The summed E-state index contributed by atoms with van der Waals surface area (Å²) in [5.41, 5.74) is 2.23. The molecule has 1 aliphatic rings. The maximum atomic E-state index is 4.52. The minimum absolute atomic E-state index is 0.442. The first-order chi connectivity index (χ1) is 11.9. The number of hydrogen-bond acceptors (Lipinski definition) is 6. The summed E-state index contributed by atoms with van der Waals surface area (Å²) in [4.78, 5) is 12.3. The smallest absolute Gasteiger partial charge is 0.205 e. The highest BCUT2D eigenvalue weighted by Gasteiger charge is 2.25. The third-order valence-electron chi connectivity index (χ3n) is 4.40. The quantitative estimate of drug-likeness (QED) is 0.713. The number of nitrogens with zero attached hydrogens (tertiary/aromatic N) is 7. The lowest BCUT2D eigenvalue weighted by atomic mass is 10.2. The number of aromatic nitrogens is 6. The van der Waals surface area contributed by atoms with Gasteiger partial charge in [0.2, 0.25) is 5.82 Å². The van der Waals surface area contributed by atoms with Crippen molar-refractivity contribution in [3.05, 3.63) is 54.6 Å². The van der Waals surface area contributed by atoms with Gasteiger partial charge in [-0.15, -0.1) is 10.2 Å². The van der Waals surface area contributed by atoms with Crippen molar-refractivity contribution in [2.45, 2.75) is 32.0 Å². The lowest BCUT2D eigenvalue weighted by Gasteiger charge is -2.23. The van der Waals surface area contributed by atoms with Crippen LogP contribution in [0.2, 0.25) is 0 Å². The van der Waals surface area contributed by atoms with Crippen LogP contribution in [0.15, 0.2) is 49.1 Å². The molecule has 0 N–H and O–H groups in total. The Labute approximate surface area is 140 Å². The molecule has 1 aliphatic heterocycles. The van der Waals surface area contributed by atoms with Gasteiger partial charge in [-0.2, -0.15) is 4.80 Å². The molecule has 0 spiro atoms. The van der Waals surface area contributed by atoms with Gasteiger partial charge in [0, 0.05) is 42.9 Å². The van der Waals surface area contributed by atoms with Crippen LogP contribution in [-0.4, -0.2) is 47.7 Å². The molecule has 4 heterocycles. The van der Waals surface area contributed by atoms with Gasteiger partial charge in [0.05, 0.1) is 6.54 Å². The second kappa shape index (κ2) is 6.84. The standard InChI is InChI=1S/C17H19N7/c1-2-16(23(11-1)12-14-3-7-18-8-4-14)13-24-21-17(20-22-24)15-5-9-19-10-6-15/h3-10,16H,1-2,11-13H2/t16-/m1/s1. The Hall–Kier alpha value is -2.67. The fraction of sp³-hybridized carbons (Fsp3) is 0.353. The Bertz CT molecular complexity index is 772. The van der Waals surface area contributed by atoms with Gasteiger partial charge in [-0.1, -0.05) is 0 Å². The van der Waals surface area contributed by atoms with Crippen LogP contribution < -0.4 is 0 Å². The predicted molar refractivity (Wildman–Crippen MR) is 88.7 cm³/mol. The molecule has 1 saturated heterocycles. The molecule has 0 saturated carbocycles. The van der Waals surface area contributed by atoms with E-state index in [2.05, 4.69) is 42.4 Å². The normalized spacial score (nSPS) is 18.1. The Morgan fingerprint density at radius 3 is 2.54 bits per heavy atom. The summed E-state index contributed by atoms with van der Waals surface area (Å²) in [5.74, 6) is 0.649. The van der Waals surface area contributed by atoms with E-state index in [-0.39, 0.29) is 0 Å². The third kappa shape index (κ3) is 3.30. The Morgan fingerprint density at radius 1 is 1.00 bits per heavy atom. The molecule has 0 unspecified atom stereocenters. The van der Waals surface area contributed by atoms with E-state index in [1.165, 1.54) is 12.0 Å². The van der Waals surface area contributed by atoms with Crippen molar-refractivity contribution in [3.63, 3.8) is 0 Å². The van der Waals surface area contributed by atoms with Crippen molar-refractivity contribution in [1.82, 2.24) is 35.1 Å². The number of rotatable bonds is 5. The minimum Gasteiger partial charge on any atom is -0.294 e. The predicted octanol–water partition coefficient (Wildman–Crippen LogP) is 1.79. The van der Waals surface area contributed by atoms with Crippen molar-refractivity contribution in [1.29, 1.82) is 0 Å². The topological polar surface area (TPSA) is 72.6 Å². The zero-order valence-corrected chi connectivity index (χ0v) is 13.4. The lowest BCUT2D eigenvalue weighted by molar-refractivity contribution is 0.211. The molecule has 0 aliphatic carbocycles. The fourth-order valence-electron chi connectivity index (χ4n) is 3.16. The molecule has 3 aromatic heterocycles. The van der Waals surface area contributed by atoms with E-state index in [1.54, 1.807) is 17.2 Å². The van der Waals surface area contributed by atoms with Gasteiger partial charge in [0.15, 0.2) is 0 Å². The zero-order chi connectivity index (χ0) is 16.2. The highest BCUT2D eigenvalue weighted by atomic mass is 15.6. The summed E-state index contributed by atoms with van der Waals surface area (Å²) < 4.78 is 0. The van der Waals surface area contributed by atoms with E-state index < -0.39 is 0 Å². The van der Waals surface area contributed by atoms with Crippen LogP contribution in [0.1, 0.15) is 18.4 Å². The van der Waals surface area contributed by atoms with Crippen molar-refractivity contribution >= 4 is 0 Å². The van der Waals surface area contributed by atoms with Crippen molar-refractivity contribution in [3.8, 4) is 11.4 Å². The maximum absolute atomic E-state index is 4.52. The molecule has 0 amide bonds. The molecular formula is C17H19N7. The highest BCUT2D eigenvalue weighted by Crippen LogP contribution is 2.21. The molecule has 3 aromatic rings. The highest BCUT2D eigenvalue weighted by molar-refractivity contribution is 5.51. The monoisotopic (exact) mass is 321 g/mol. The van der Waals surface area contributed by atoms with Crippen molar-refractivity contribution in [2.24, 2.45) is 0 Å². The van der Waals surface area contributed by atoms with Gasteiger partial charge >= 0.3 is 0 Å². The van der Waals surface area contributed by atoms with Crippen LogP contribution in [0, 0.1) is 0 Å². The number of hydrogen-bond donors (Lipinski definition) is 0. The van der Waals surface area contributed by atoms with E-state index in [0.717, 1.165) is 31.6 Å². The summed E-state index contributed by atoms with van der Waals surface area (Å²) >= 11 is 0. The van der Waals surface area contributed by atoms with Gasteiger partial charge in [-0.3, -0.25) is 14.9 Å². The van der Waals surface area contributed by atoms with Crippen LogP contribution in [-0.2, 0) is 13.1 Å². The summed E-state index contributed by atoms with van der Waals surface area (Å²) in [7, 11) is 0. The van der Waals surface area contributed by atoms with Gasteiger partial charge in [-0.05, 0) is 54.4 Å². The van der Waals surface area contributed by atoms with Crippen LogP contribution in [0.5, 0.6) is 0 Å². The number of likely N-dealkylation sites (tertiary alicyclic amines) is 1. The van der Waals surface area contributed by atoms with Crippen molar-refractivity contribution in [2.75, 3.05) is 6.54 Å². The SMILES string of the molecule is c1cc(CN2CCC[C@@H]2Cn2nnc(-c3ccncc3)n2)ccn1. The first kappa shape index (κ1) is 14.9. The third-order valence-corrected chi connectivity index (χ3v) is 4.40. The van der Waals surface area contributed by atoms with Crippen LogP contribution in [0.3, 0.4) is 0 Å². The Kier molecular flexibility index (Phi) is 4.24. The molecule has 0 aromatic carbocycles. The number of tetrazole rings is 1. The molecule has 122 valence electrons. The lowest BCUT2D eigenvalue weighted by Crippen LogP contribution is -2.33. The number of pyridine rings is 2. The molecular weight excluding hydrogens is 302 g/mol. The Morgan fingerprint density at radius 2 is 1.75 bits per heavy atom. The summed E-state index contributed by atoms with van der Waals surface area (Å²) in [5, 5.41) is 12.9. The van der Waals surface area contributed by atoms with Gasteiger partial charge in [-0.25, -0.2) is 0 Å². The van der Waals surface area contributed by atoms with E-state index in [1.807, 2.05) is 24.5 Å². The summed E-state index contributed by atoms with van der Waals surface area (Å²) in [6.45, 7) is 2.82. The molecule has 1 atom stereocenters. The molecule has 24 heavy (non-hydrogen) atoms. The summed E-state index contributed by atoms with van der Waals surface area (Å²) in [6.07, 6.45) is 9.55. The molecule has 7 nitrogen and oxygen atoms in total.